The SMILES string of the molecule is CCCC(O)CCCCCCCCCc1ccc(Nc2ccccc2)cc1. The second-order valence-corrected chi connectivity index (χ2v) is 7.64. The van der Waals surface area contributed by atoms with E-state index in [0.717, 1.165) is 30.6 Å². The fourth-order valence-electron chi connectivity index (χ4n) is 3.51. The van der Waals surface area contributed by atoms with E-state index in [0.29, 0.717) is 0 Å². The topological polar surface area (TPSA) is 32.3 Å². The van der Waals surface area contributed by atoms with Crippen LogP contribution >= 0.6 is 0 Å². The molecule has 0 fully saturated rings. The molecule has 0 saturated carbocycles. The summed E-state index contributed by atoms with van der Waals surface area (Å²) in [6, 6.07) is 19.1. The molecule has 0 spiro atoms. The van der Waals surface area contributed by atoms with Gasteiger partial charge < -0.3 is 10.4 Å². The number of nitrogens with one attached hydrogen (secondary N) is 1. The van der Waals surface area contributed by atoms with Gasteiger partial charge in [0.15, 0.2) is 0 Å². The van der Waals surface area contributed by atoms with Crippen molar-refractivity contribution in [2.45, 2.75) is 83.7 Å². The van der Waals surface area contributed by atoms with Gasteiger partial charge in [-0.1, -0.05) is 82.2 Å². The maximum Gasteiger partial charge on any atom is 0.0540 e. The lowest BCUT2D eigenvalue weighted by Crippen LogP contribution is -2.04. The molecule has 0 aliphatic heterocycles. The maximum atomic E-state index is 9.72. The van der Waals surface area contributed by atoms with Gasteiger partial charge in [-0.05, 0) is 55.5 Å². The Morgan fingerprint density at radius 3 is 1.96 bits per heavy atom. The van der Waals surface area contributed by atoms with Crippen molar-refractivity contribution < 1.29 is 5.11 Å². The van der Waals surface area contributed by atoms with Crippen molar-refractivity contribution in [3.8, 4) is 0 Å². The molecule has 1 unspecified atom stereocenters. The average molecular weight is 368 g/mol. The first-order chi connectivity index (χ1) is 13.3. The number of aliphatic hydroxyl groups is 1. The van der Waals surface area contributed by atoms with Crippen LogP contribution in [0, 0.1) is 0 Å². The Bertz CT molecular complexity index is 593. The largest absolute Gasteiger partial charge is 0.393 e. The van der Waals surface area contributed by atoms with E-state index in [9.17, 15) is 5.11 Å². The van der Waals surface area contributed by atoms with E-state index in [1.807, 2.05) is 18.2 Å². The molecule has 0 aliphatic carbocycles. The molecular weight excluding hydrogens is 330 g/mol. The minimum atomic E-state index is -0.0655. The number of hydrogen-bond donors (Lipinski definition) is 2. The Labute approximate surface area is 166 Å². The molecule has 2 nitrogen and oxygen atoms in total. The lowest BCUT2D eigenvalue weighted by atomic mass is 10.0. The van der Waals surface area contributed by atoms with Crippen molar-refractivity contribution in [2.24, 2.45) is 0 Å². The summed E-state index contributed by atoms with van der Waals surface area (Å²) in [5.74, 6) is 0. The molecule has 2 heteroatoms. The zero-order valence-corrected chi connectivity index (χ0v) is 17.0. The maximum absolute atomic E-state index is 9.72. The molecule has 27 heavy (non-hydrogen) atoms. The molecule has 0 heterocycles. The van der Waals surface area contributed by atoms with Crippen LogP contribution in [0.5, 0.6) is 0 Å². The van der Waals surface area contributed by atoms with Crippen LogP contribution in [0.1, 0.15) is 76.7 Å². The van der Waals surface area contributed by atoms with Gasteiger partial charge >= 0.3 is 0 Å². The zero-order valence-electron chi connectivity index (χ0n) is 17.0. The van der Waals surface area contributed by atoms with Gasteiger partial charge in [0.1, 0.15) is 0 Å². The van der Waals surface area contributed by atoms with Gasteiger partial charge in [0.05, 0.1) is 6.10 Å². The van der Waals surface area contributed by atoms with Crippen LogP contribution < -0.4 is 5.32 Å². The summed E-state index contributed by atoms with van der Waals surface area (Å²) >= 11 is 0. The normalized spacial score (nSPS) is 12.1. The highest BCUT2D eigenvalue weighted by Crippen LogP contribution is 2.18. The number of hydrogen-bond acceptors (Lipinski definition) is 2. The monoisotopic (exact) mass is 367 g/mol. The highest BCUT2D eigenvalue weighted by Gasteiger charge is 2.01. The Kier molecular flexibility index (Phi) is 10.7. The molecule has 148 valence electrons. The van der Waals surface area contributed by atoms with E-state index >= 15 is 0 Å². The van der Waals surface area contributed by atoms with Gasteiger partial charge in [0, 0.05) is 11.4 Å². The molecule has 0 aromatic heterocycles. The Balaban J connectivity index is 1.50. The van der Waals surface area contributed by atoms with Crippen LogP contribution in [0.4, 0.5) is 11.4 Å². The van der Waals surface area contributed by atoms with E-state index in [-0.39, 0.29) is 6.10 Å². The second kappa shape index (κ2) is 13.4. The fraction of sp³-hybridized carbons (Fsp3) is 0.520. The predicted molar refractivity (Wildman–Crippen MR) is 118 cm³/mol. The van der Waals surface area contributed by atoms with E-state index in [1.165, 1.54) is 56.9 Å². The molecule has 2 aromatic carbocycles. The molecule has 0 aliphatic rings. The molecular formula is C25H37NO. The zero-order chi connectivity index (χ0) is 19.2. The summed E-state index contributed by atoms with van der Waals surface area (Å²) < 4.78 is 0. The number of benzene rings is 2. The molecule has 1 atom stereocenters. The minimum Gasteiger partial charge on any atom is -0.393 e. The standard InChI is InChI=1S/C25H37NO/c1-2-13-25(27)17-12-7-5-3-4-6-9-14-22-18-20-24(21-19-22)26-23-15-10-8-11-16-23/h8,10-11,15-16,18-21,25-27H,2-7,9,12-14,17H2,1H3. The Hall–Kier alpha value is -1.80. The van der Waals surface area contributed by atoms with Gasteiger partial charge in [0.2, 0.25) is 0 Å². The minimum absolute atomic E-state index is 0.0655. The van der Waals surface area contributed by atoms with Crippen molar-refractivity contribution in [1.82, 2.24) is 0 Å². The Morgan fingerprint density at radius 1 is 0.704 bits per heavy atom. The first kappa shape index (κ1) is 21.5. The van der Waals surface area contributed by atoms with Crippen molar-refractivity contribution in [1.29, 1.82) is 0 Å². The highest BCUT2D eigenvalue weighted by molar-refractivity contribution is 5.59. The van der Waals surface area contributed by atoms with Crippen LogP contribution in [-0.2, 0) is 6.42 Å². The van der Waals surface area contributed by atoms with Crippen molar-refractivity contribution in [3.63, 3.8) is 0 Å². The molecule has 0 amide bonds. The number of unbranched alkanes of at least 4 members (excludes halogenated alkanes) is 6. The van der Waals surface area contributed by atoms with E-state index in [1.54, 1.807) is 0 Å². The van der Waals surface area contributed by atoms with E-state index < -0.39 is 0 Å². The van der Waals surface area contributed by atoms with Gasteiger partial charge in [-0.15, -0.1) is 0 Å². The number of rotatable bonds is 14. The van der Waals surface area contributed by atoms with E-state index in [4.69, 9.17) is 0 Å². The van der Waals surface area contributed by atoms with Gasteiger partial charge in [-0.3, -0.25) is 0 Å². The molecule has 0 radical (unpaired) electrons. The first-order valence-corrected chi connectivity index (χ1v) is 10.9. The number of aryl methyl sites for hydroxylation is 1. The number of para-hydroxylation sites is 1. The molecule has 2 aromatic rings. The second-order valence-electron chi connectivity index (χ2n) is 7.64. The predicted octanol–water partition coefficient (Wildman–Crippen LogP) is 7.25. The highest BCUT2D eigenvalue weighted by atomic mass is 16.3. The molecule has 2 N–H and O–H groups in total. The summed E-state index contributed by atoms with van der Waals surface area (Å²) in [6.07, 6.45) is 13.2. The van der Waals surface area contributed by atoms with Gasteiger partial charge in [0.25, 0.3) is 0 Å². The lowest BCUT2D eigenvalue weighted by molar-refractivity contribution is 0.150. The van der Waals surface area contributed by atoms with Crippen LogP contribution in [0.2, 0.25) is 0 Å². The van der Waals surface area contributed by atoms with Crippen molar-refractivity contribution in [2.75, 3.05) is 5.32 Å². The fourth-order valence-corrected chi connectivity index (χ4v) is 3.51. The summed E-state index contributed by atoms with van der Waals surface area (Å²) in [6.45, 7) is 2.14. The number of aliphatic hydroxyl groups excluding tert-OH is 1. The van der Waals surface area contributed by atoms with Crippen molar-refractivity contribution in [3.05, 3.63) is 60.2 Å². The van der Waals surface area contributed by atoms with E-state index in [2.05, 4.69) is 48.6 Å². The summed E-state index contributed by atoms with van der Waals surface area (Å²) in [4.78, 5) is 0. The molecule has 0 saturated heterocycles. The molecule has 0 bridgehead atoms. The summed E-state index contributed by atoms with van der Waals surface area (Å²) in [5, 5.41) is 13.1. The quantitative estimate of drug-likeness (QED) is 0.344. The van der Waals surface area contributed by atoms with Crippen LogP contribution in [-0.4, -0.2) is 11.2 Å². The summed E-state index contributed by atoms with van der Waals surface area (Å²) in [7, 11) is 0. The third-order valence-corrected chi connectivity index (χ3v) is 5.14. The van der Waals surface area contributed by atoms with Crippen molar-refractivity contribution >= 4 is 11.4 Å². The number of anilines is 2. The average Bonchev–Trinajstić information content (AvgIpc) is 2.69. The van der Waals surface area contributed by atoms with Gasteiger partial charge in [-0.25, -0.2) is 0 Å². The smallest absolute Gasteiger partial charge is 0.0540 e. The summed E-state index contributed by atoms with van der Waals surface area (Å²) in [5.41, 5.74) is 3.71. The third kappa shape index (κ3) is 9.63. The lowest BCUT2D eigenvalue weighted by Gasteiger charge is -2.08. The Morgan fingerprint density at radius 2 is 1.30 bits per heavy atom. The first-order valence-electron chi connectivity index (χ1n) is 10.9. The van der Waals surface area contributed by atoms with Crippen LogP contribution in [0.3, 0.4) is 0 Å². The third-order valence-electron chi connectivity index (χ3n) is 5.14. The van der Waals surface area contributed by atoms with Crippen LogP contribution in [0.25, 0.3) is 0 Å². The van der Waals surface area contributed by atoms with Gasteiger partial charge in [-0.2, -0.15) is 0 Å². The molecule has 2 rings (SSSR count). The van der Waals surface area contributed by atoms with Crippen LogP contribution in [0.15, 0.2) is 54.6 Å².